The molecule has 1 atom stereocenters. The summed E-state index contributed by atoms with van der Waals surface area (Å²) in [5.41, 5.74) is 6.82. The number of fused-ring (bicyclic) bond motifs is 5. The lowest BCUT2D eigenvalue weighted by Crippen LogP contribution is -2.46. The minimum absolute atomic E-state index is 0.372. The zero-order valence-electron chi connectivity index (χ0n) is 22.7. The van der Waals surface area contributed by atoms with Gasteiger partial charge >= 0.3 is 5.97 Å². The Morgan fingerprint density at radius 2 is 1.76 bits per heavy atom. The number of anilines is 1. The quantitative estimate of drug-likeness (QED) is 0.396. The highest BCUT2D eigenvalue weighted by Crippen LogP contribution is 2.47. The Kier molecular flexibility index (Phi) is 7.44. The molecule has 3 aliphatic rings. The molecule has 6 nitrogen and oxygen atoms in total. The van der Waals surface area contributed by atoms with Crippen LogP contribution in [0, 0.1) is 0 Å². The van der Waals surface area contributed by atoms with Gasteiger partial charge in [-0.25, -0.2) is 4.79 Å². The van der Waals surface area contributed by atoms with Crippen molar-refractivity contribution in [1.82, 2.24) is 9.47 Å². The average Bonchev–Trinajstić information content (AvgIpc) is 3.18. The predicted molar refractivity (Wildman–Crippen MR) is 153 cm³/mol. The summed E-state index contributed by atoms with van der Waals surface area (Å²) < 4.78 is 7.99. The zero-order chi connectivity index (χ0) is 26.1. The number of carbonyl (C=O) groups is 1. The van der Waals surface area contributed by atoms with Crippen molar-refractivity contribution in [1.29, 1.82) is 0 Å². The van der Waals surface area contributed by atoms with Crippen LogP contribution in [0.25, 0.3) is 22.2 Å². The van der Waals surface area contributed by atoms with E-state index in [1.54, 1.807) is 6.07 Å². The molecule has 0 bridgehead atoms. The van der Waals surface area contributed by atoms with Gasteiger partial charge in [0.1, 0.15) is 0 Å². The van der Waals surface area contributed by atoms with E-state index in [2.05, 4.69) is 44.7 Å². The smallest absolute Gasteiger partial charge is 0.335 e. The molecule has 1 saturated heterocycles. The van der Waals surface area contributed by atoms with Gasteiger partial charge in [-0.05, 0) is 61.9 Å². The summed E-state index contributed by atoms with van der Waals surface area (Å²) in [4.78, 5) is 17.1. The molecular formula is C32H41N3O3. The van der Waals surface area contributed by atoms with Crippen LogP contribution < -0.4 is 4.90 Å². The fraction of sp³-hybridized carbons (Fsp3) is 0.531. The summed E-state index contributed by atoms with van der Waals surface area (Å²) in [5.74, 6) is -0.328. The number of likely N-dealkylation sites (tertiary alicyclic amines) is 1. The monoisotopic (exact) mass is 515 g/mol. The van der Waals surface area contributed by atoms with Gasteiger partial charge in [0.15, 0.2) is 0 Å². The van der Waals surface area contributed by atoms with E-state index in [0.717, 1.165) is 44.8 Å². The number of ether oxygens (including phenoxy) is 1. The molecular weight excluding hydrogens is 474 g/mol. The minimum Gasteiger partial charge on any atom is -0.478 e. The molecule has 6 heteroatoms. The van der Waals surface area contributed by atoms with Crippen molar-refractivity contribution in [2.75, 3.05) is 44.8 Å². The van der Waals surface area contributed by atoms with Crippen LogP contribution in [0.15, 0.2) is 42.5 Å². The van der Waals surface area contributed by atoms with Crippen molar-refractivity contribution in [3.05, 3.63) is 53.6 Å². The van der Waals surface area contributed by atoms with Crippen LogP contribution >= 0.6 is 0 Å². The number of aromatic carboxylic acids is 1. The first kappa shape index (κ1) is 25.4. The van der Waals surface area contributed by atoms with Gasteiger partial charge in [0.25, 0.3) is 0 Å². The van der Waals surface area contributed by atoms with Crippen molar-refractivity contribution in [2.45, 2.75) is 69.9 Å². The Labute approximate surface area is 226 Å². The second-order valence-corrected chi connectivity index (χ2v) is 11.4. The number of rotatable bonds is 7. The van der Waals surface area contributed by atoms with E-state index in [0.29, 0.717) is 17.5 Å². The number of hydrogen-bond donors (Lipinski definition) is 1. The number of carboxylic acids is 1. The van der Waals surface area contributed by atoms with Crippen molar-refractivity contribution in [3.63, 3.8) is 0 Å². The average molecular weight is 516 g/mol. The third-order valence-electron chi connectivity index (χ3n) is 9.22. The highest BCUT2D eigenvalue weighted by atomic mass is 16.5. The minimum atomic E-state index is -0.857. The molecule has 202 valence electrons. The third kappa shape index (κ3) is 4.73. The van der Waals surface area contributed by atoms with Crippen molar-refractivity contribution in [3.8, 4) is 11.3 Å². The second-order valence-electron chi connectivity index (χ2n) is 11.4. The maximum Gasteiger partial charge on any atom is 0.335 e. The van der Waals surface area contributed by atoms with Gasteiger partial charge < -0.3 is 19.3 Å². The molecule has 1 N–H and O–H groups in total. The predicted octanol–water partition coefficient (Wildman–Crippen LogP) is 6.38. The summed E-state index contributed by atoms with van der Waals surface area (Å²) in [6, 6.07) is 15.2. The molecule has 1 aromatic heterocycles. The molecule has 0 radical (unpaired) electrons. The standard InChI is InChI=1S/C32H41N3O3/c1-38-22-25-11-7-8-16-33(25)17-18-34-19-20-35-29-21-24(32(36)37)14-15-26(29)30(23-9-3-2-4-10-23)31(35)27-12-5-6-13-28(27)34/h5-6,12-15,21,23,25H,2-4,7-11,16-20,22H2,1H3,(H,36,37). The fourth-order valence-electron chi connectivity index (χ4n) is 7.34. The molecule has 2 aromatic carbocycles. The number of hydrogen-bond acceptors (Lipinski definition) is 4. The molecule has 0 spiro atoms. The number of methoxy groups -OCH3 is 1. The summed E-state index contributed by atoms with van der Waals surface area (Å²) in [7, 11) is 1.82. The SMILES string of the molecule is COCC1CCCCN1CCN1CCn2c(c(C3CCCCC3)c3ccc(C(=O)O)cc32)-c2ccccc21. The number of nitrogens with zero attached hydrogens (tertiary/aromatic N) is 3. The van der Waals surface area contributed by atoms with Gasteiger partial charge in [-0.2, -0.15) is 0 Å². The number of piperidine rings is 1. The summed E-state index contributed by atoms with van der Waals surface area (Å²) >= 11 is 0. The molecule has 1 saturated carbocycles. The number of aromatic nitrogens is 1. The molecule has 3 heterocycles. The van der Waals surface area contributed by atoms with Crippen LogP contribution in [0.2, 0.25) is 0 Å². The lowest BCUT2D eigenvalue weighted by atomic mass is 9.81. The maximum atomic E-state index is 11.9. The van der Waals surface area contributed by atoms with Gasteiger partial charge in [-0.15, -0.1) is 0 Å². The van der Waals surface area contributed by atoms with E-state index in [4.69, 9.17) is 4.74 Å². The van der Waals surface area contributed by atoms with Gasteiger partial charge in [0.2, 0.25) is 0 Å². The largest absolute Gasteiger partial charge is 0.478 e. The first-order valence-electron chi connectivity index (χ1n) is 14.6. The first-order chi connectivity index (χ1) is 18.7. The van der Waals surface area contributed by atoms with Crippen LogP contribution in [-0.2, 0) is 11.3 Å². The normalized spacial score (nSPS) is 20.8. The maximum absolute atomic E-state index is 11.9. The van der Waals surface area contributed by atoms with E-state index in [1.165, 1.54) is 79.3 Å². The molecule has 1 aliphatic carbocycles. The molecule has 6 rings (SSSR count). The van der Waals surface area contributed by atoms with Gasteiger partial charge in [-0.3, -0.25) is 4.90 Å². The molecule has 1 unspecified atom stereocenters. The van der Waals surface area contributed by atoms with E-state index in [1.807, 2.05) is 13.2 Å². The van der Waals surface area contributed by atoms with Crippen molar-refractivity contribution < 1.29 is 14.6 Å². The fourth-order valence-corrected chi connectivity index (χ4v) is 7.34. The van der Waals surface area contributed by atoms with E-state index in [-0.39, 0.29) is 0 Å². The number of benzene rings is 2. The molecule has 0 amide bonds. The number of carboxylic acid groups (broad SMARTS) is 1. The topological polar surface area (TPSA) is 57.9 Å². The first-order valence-corrected chi connectivity index (χ1v) is 14.6. The second kappa shape index (κ2) is 11.1. The Bertz CT molecular complexity index is 1290. The van der Waals surface area contributed by atoms with E-state index < -0.39 is 5.97 Å². The van der Waals surface area contributed by atoms with E-state index in [9.17, 15) is 9.90 Å². The summed E-state index contributed by atoms with van der Waals surface area (Å²) in [5, 5.41) is 11.0. The Morgan fingerprint density at radius 3 is 2.58 bits per heavy atom. The zero-order valence-corrected chi connectivity index (χ0v) is 22.7. The van der Waals surface area contributed by atoms with Crippen LogP contribution in [0.5, 0.6) is 0 Å². The van der Waals surface area contributed by atoms with Crippen molar-refractivity contribution >= 4 is 22.6 Å². The Morgan fingerprint density at radius 1 is 0.947 bits per heavy atom. The summed E-state index contributed by atoms with van der Waals surface area (Å²) in [6.07, 6.45) is 10.1. The van der Waals surface area contributed by atoms with Gasteiger partial charge in [-0.1, -0.05) is 49.9 Å². The molecule has 3 aromatic rings. The highest BCUT2D eigenvalue weighted by molar-refractivity contribution is 5.99. The van der Waals surface area contributed by atoms with Crippen molar-refractivity contribution in [2.24, 2.45) is 0 Å². The summed E-state index contributed by atoms with van der Waals surface area (Å²) in [6.45, 7) is 5.76. The lowest BCUT2D eigenvalue weighted by Gasteiger charge is -2.37. The highest BCUT2D eigenvalue weighted by Gasteiger charge is 2.31. The molecule has 2 fully saturated rings. The van der Waals surface area contributed by atoms with E-state index >= 15 is 0 Å². The Hall–Kier alpha value is -2.83. The molecule has 38 heavy (non-hydrogen) atoms. The lowest BCUT2D eigenvalue weighted by molar-refractivity contribution is 0.0668. The van der Waals surface area contributed by atoms with Crippen LogP contribution in [0.4, 0.5) is 5.69 Å². The van der Waals surface area contributed by atoms with Crippen LogP contribution in [0.3, 0.4) is 0 Å². The van der Waals surface area contributed by atoms with Crippen LogP contribution in [-0.4, -0.2) is 66.5 Å². The van der Waals surface area contributed by atoms with Gasteiger partial charge in [0.05, 0.1) is 17.9 Å². The van der Waals surface area contributed by atoms with Gasteiger partial charge in [0, 0.05) is 61.5 Å². The Balaban J connectivity index is 1.41. The third-order valence-corrected chi connectivity index (χ3v) is 9.22. The van der Waals surface area contributed by atoms with Crippen LogP contribution in [0.1, 0.15) is 73.2 Å². The molecule has 2 aliphatic heterocycles. The number of para-hydroxylation sites is 1.